The number of carbonyl (C=O) groups is 2. The van der Waals surface area contributed by atoms with Crippen molar-refractivity contribution in [1.29, 1.82) is 0 Å². The molecule has 1 atom stereocenters. The number of para-hydroxylation sites is 2. The molecule has 1 unspecified atom stereocenters. The molecule has 11 heteroatoms. The second-order valence-corrected chi connectivity index (χ2v) is 12.1. The fraction of sp³-hybridized carbons (Fsp3) is 0.100. The highest BCUT2D eigenvalue weighted by Gasteiger charge is 2.66. The van der Waals surface area contributed by atoms with E-state index in [9.17, 15) is 14.4 Å². The molecule has 0 bridgehead atoms. The number of amides is 2. The Labute approximate surface area is 246 Å². The summed E-state index contributed by atoms with van der Waals surface area (Å²) in [5, 5.41) is 9.77. The maximum absolute atomic E-state index is 14.5. The van der Waals surface area contributed by atoms with Crippen LogP contribution in [0.1, 0.15) is 27.2 Å². The van der Waals surface area contributed by atoms with Crippen molar-refractivity contribution in [1.82, 2.24) is 10.2 Å². The van der Waals surface area contributed by atoms with Crippen molar-refractivity contribution in [3.05, 3.63) is 123 Å². The Morgan fingerprint density at radius 1 is 1.02 bits per heavy atom. The molecule has 5 aromatic rings. The maximum atomic E-state index is 14.5. The lowest BCUT2D eigenvalue weighted by molar-refractivity contribution is -0.121. The van der Waals surface area contributed by atoms with Gasteiger partial charge in [0.25, 0.3) is 11.8 Å². The number of benzene rings is 3. The van der Waals surface area contributed by atoms with Gasteiger partial charge in [-0.2, -0.15) is 0 Å². The number of fused-ring (bicyclic) bond motifs is 5. The van der Waals surface area contributed by atoms with Crippen molar-refractivity contribution in [2.24, 2.45) is 0 Å². The van der Waals surface area contributed by atoms with Crippen LogP contribution in [0.5, 0.6) is 0 Å². The van der Waals surface area contributed by atoms with Gasteiger partial charge in [-0.05, 0) is 35.9 Å². The second-order valence-electron chi connectivity index (χ2n) is 9.47. The predicted octanol–water partition coefficient (Wildman–Crippen LogP) is 6.03. The highest BCUT2D eigenvalue weighted by Crippen LogP contribution is 2.54. The Hall–Kier alpha value is -4.25. The van der Waals surface area contributed by atoms with Gasteiger partial charge in [0.2, 0.25) is 10.9 Å². The molecule has 2 aliphatic rings. The van der Waals surface area contributed by atoms with Crippen LogP contribution >= 0.6 is 34.7 Å². The highest BCUT2D eigenvalue weighted by atomic mass is 35.5. The predicted molar refractivity (Wildman–Crippen MR) is 160 cm³/mol. The van der Waals surface area contributed by atoms with Crippen molar-refractivity contribution in [3.8, 4) is 0 Å². The fourth-order valence-electron chi connectivity index (χ4n) is 5.54. The third kappa shape index (κ3) is 3.71. The molecule has 4 heterocycles. The number of nitrogens with zero attached hydrogens (tertiary/aromatic N) is 4. The zero-order chi connectivity index (χ0) is 28.3. The van der Waals surface area contributed by atoms with Gasteiger partial charge in [-0.15, -0.1) is 16.8 Å². The molecule has 1 spiro atoms. The molecule has 0 radical (unpaired) electrons. The molecule has 2 aromatic heterocycles. The minimum absolute atomic E-state index is 0.0199. The van der Waals surface area contributed by atoms with Gasteiger partial charge in [-0.1, -0.05) is 83.2 Å². The minimum Gasteiger partial charge on any atom is -0.450 e. The van der Waals surface area contributed by atoms with Crippen LogP contribution in [0.4, 0.5) is 10.8 Å². The number of aromatic nitrogens is 2. The van der Waals surface area contributed by atoms with Crippen molar-refractivity contribution in [2.45, 2.75) is 15.6 Å². The quantitative estimate of drug-likeness (QED) is 0.134. The number of hydrogen-bond donors (Lipinski definition) is 0. The molecule has 41 heavy (non-hydrogen) atoms. The van der Waals surface area contributed by atoms with E-state index in [1.54, 1.807) is 54.6 Å². The summed E-state index contributed by atoms with van der Waals surface area (Å²) in [5.74, 6) is -0.694. The molecule has 0 aliphatic carbocycles. The molecule has 3 aromatic carbocycles. The molecule has 0 N–H and O–H groups in total. The summed E-state index contributed by atoms with van der Waals surface area (Å²) < 4.78 is 6.66. The van der Waals surface area contributed by atoms with Crippen molar-refractivity contribution in [2.75, 3.05) is 16.3 Å². The molecular formula is C30H19ClN4O4S2. The van der Waals surface area contributed by atoms with E-state index in [0.29, 0.717) is 26.4 Å². The van der Waals surface area contributed by atoms with Crippen LogP contribution in [0.25, 0.3) is 11.0 Å². The van der Waals surface area contributed by atoms with Gasteiger partial charge in [0.15, 0.2) is 15.3 Å². The lowest BCUT2D eigenvalue weighted by atomic mass is 9.84. The lowest BCUT2D eigenvalue weighted by Gasteiger charge is -2.31. The second kappa shape index (κ2) is 9.69. The zero-order valence-corrected chi connectivity index (χ0v) is 23.6. The van der Waals surface area contributed by atoms with Gasteiger partial charge >= 0.3 is 0 Å². The van der Waals surface area contributed by atoms with Gasteiger partial charge < -0.3 is 9.32 Å². The Kier molecular flexibility index (Phi) is 6.07. The Morgan fingerprint density at radius 3 is 2.66 bits per heavy atom. The van der Waals surface area contributed by atoms with Gasteiger partial charge in [-0.3, -0.25) is 19.3 Å². The van der Waals surface area contributed by atoms with Crippen molar-refractivity contribution >= 4 is 68.3 Å². The van der Waals surface area contributed by atoms with Gasteiger partial charge in [-0.25, -0.2) is 0 Å². The van der Waals surface area contributed by atoms with Crippen LogP contribution in [0.2, 0.25) is 5.02 Å². The fourth-order valence-corrected chi connectivity index (χ4v) is 7.59. The van der Waals surface area contributed by atoms with Crippen LogP contribution < -0.4 is 15.2 Å². The Bertz CT molecular complexity index is 1970. The van der Waals surface area contributed by atoms with E-state index >= 15 is 0 Å². The molecule has 0 saturated heterocycles. The first-order valence-electron chi connectivity index (χ1n) is 12.6. The summed E-state index contributed by atoms with van der Waals surface area (Å²) in [6, 6.07) is 21.3. The topological polar surface area (TPSA) is 96.6 Å². The van der Waals surface area contributed by atoms with E-state index in [4.69, 9.17) is 16.0 Å². The van der Waals surface area contributed by atoms with Crippen LogP contribution in [0.15, 0.2) is 99.0 Å². The largest absolute Gasteiger partial charge is 0.450 e. The summed E-state index contributed by atoms with van der Waals surface area (Å²) in [5.41, 5.74) is 0.0565. The Morgan fingerprint density at radius 2 is 1.83 bits per heavy atom. The number of hydrogen-bond acceptors (Lipinski definition) is 8. The summed E-state index contributed by atoms with van der Waals surface area (Å²) >= 11 is 8.73. The third-order valence-corrected chi connectivity index (χ3v) is 9.53. The van der Waals surface area contributed by atoms with E-state index in [0.717, 1.165) is 5.56 Å². The smallest absolute Gasteiger partial charge is 0.297 e. The molecule has 202 valence electrons. The normalized spacial score (nSPS) is 17.5. The van der Waals surface area contributed by atoms with Crippen LogP contribution in [-0.2, 0) is 16.1 Å². The molecule has 2 aliphatic heterocycles. The molecule has 0 fully saturated rings. The minimum atomic E-state index is -1.81. The molecule has 0 saturated carbocycles. The third-order valence-electron chi connectivity index (χ3n) is 7.18. The summed E-state index contributed by atoms with van der Waals surface area (Å²) in [6.45, 7) is 3.99. The average Bonchev–Trinajstić information content (AvgIpc) is 3.62. The first-order valence-corrected chi connectivity index (χ1v) is 14.8. The van der Waals surface area contributed by atoms with Gasteiger partial charge in [0.1, 0.15) is 5.58 Å². The van der Waals surface area contributed by atoms with Crippen molar-refractivity contribution in [3.63, 3.8) is 0 Å². The monoisotopic (exact) mass is 598 g/mol. The standard InChI is InChI=1S/C30H19ClN4O4S2/c1-2-14-34-21-12-5-4-11-20(21)30(27(34)38)23-24(36)19-10-3-6-13-22(19)39-25(23)26(37)35(30)28-32-33-29(41-28)40-16-17-8-7-9-18(31)15-17/h2-13,15H,1,14,16H2. The summed E-state index contributed by atoms with van der Waals surface area (Å²) in [6.07, 6.45) is 1.61. The Balaban J connectivity index is 1.43. The van der Waals surface area contributed by atoms with Crippen LogP contribution in [-0.4, -0.2) is 28.6 Å². The summed E-state index contributed by atoms with van der Waals surface area (Å²) in [7, 11) is 0. The van der Waals surface area contributed by atoms with Gasteiger partial charge in [0, 0.05) is 22.9 Å². The van der Waals surface area contributed by atoms with E-state index in [-0.39, 0.29) is 34.0 Å². The molecular weight excluding hydrogens is 580 g/mol. The van der Waals surface area contributed by atoms with E-state index in [2.05, 4.69) is 16.8 Å². The SMILES string of the molecule is C=CCN1C(=O)C2(c3ccccc31)c1c(oc3ccccc3c1=O)C(=O)N2c1nnc(SCc2cccc(Cl)c2)s1. The number of halogens is 1. The molecule has 2 amide bonds. The van der Waals surface area contributed by atoms with Crippen LogP contribution in [0, 0.1) is 0 Å². The highest BCUT2D eigenvalue weighted by molar-refractivity contribution is 8.00. The molecule has 7 rings (SSSR count). The first kappa shape index (κ1) is 25.7. The molecule has 8 nitrogen and oxygen atoms in total. The number of rotatable bonds is 6. The van der Waals surface area contributed by atoms with E-state index in [1.165, 1.54) is 32.9 Å². The van der Waals surface area contributed by atoms with E-state index in [1.807, 2.05) is 24.3 Å². The van der Waals surface area contributed by atoms with Crippen LogP contribution in [0.3, 0.4) is 0 Å². The first-order chi connectivity index (χ1) is 19.9. The van der Waals surface area contributed by atoms with E-state index < -0.39 is 22.8 Å². The number of anilines is 2. The number of thioether (sulfide) groups is 1. The maximum Gasteiger partial charge on any atom is 0.297 e. The number of carbonyl (C=O) groups excluding carboxylic acids is 2. The zero-order valence-electron chi connectivity index (χ0n) is 21.2. The average molecular weight is 599 g/mol. The lowest BCUT2D eigenvalue weighted by Crippen LogP contribution is -2.53. The summed E-state index contributed by atoms with van der Waals surface area (Å²) in [4.78, 5) is 45.7. The van der Waals surface area contributed by atoms with Crippen molar-refractivity contribution < 1.29 is 14.0 Å². The van der Waals surface area contributed by atoms with Gasteiger partial charge in [0.05, 0.1) is 16.6 Å².